The van der Waals surface area contributed by atoms with Crippen LogP contribution in [-0.4, -0.2) is 57.9 Å². The number of carbonyl (C=O) groups is 1. The standard InChI is InChI=1S/C20H25N3O4/c1-26-17-2-3-18-15(11-17)10-16(12-27-18)19(24)23-7-4-20(25,5-8-23)13-22-9-6-21-14-22/h2-3,6,9,11,14,16,25H,4-5,7-8,10,12-13H2,1H3/t16-/m1/s1. The molecule has 1 atom stereocenters. The molecule has 2 aliphatic heterocycles. The molecule has 7 heteroatoms. The van der Waals surface area contributed by atoms with E-state index in [9.17, 15) is 9.90 Å². The second-order valence-corrected chi connectivity index (χ2v) is 7.47. The Balaban J connectivity index is 1.37. The smallest absolute Gasteiger partial charge is 0.229 e. The van der Waals surface area contributed by atoms with Crippen LogP contribution >= 0.6 is 0 Å². The second-order valence-electron chi connectivity index (χ2n) is 7.47. The van der Waals surface area contributed by atoms with Crippen LogP contribution in [0.5, 0.6) is 11.5 Å². The summed E-state index contributed by atoms with van der Waals surface area (Å²) in [6.07, 6.45) is 7.05. The Morgan fingerprint density at radius 1 is 1.41 bits per heavy atom. The number of piperidine rings is 1. The molecule has 3 heterocycles. The molecule has 0 spiro atoms. The van der Waals surface area contributed by atoms with Gasteiger partial charge in [0.15, 0.2) is 0 Å². The number of hydrogen-bond acceptors (Lipinski definition) is 5. The largest absolute Gasteiger partial charge is 0.497 e. The van der Waals surface area contributed by atoms with E-state index in [0.29, 0.717) is 45.5 Å². The Kier molecular flexibility index (Phi) is 4.78. The summed E-state index contributed by atoms with van der Waals surface area (Å²) in [5.74, 6) is 1.51. The summed E-state index contributed by atoms with van der Waals surface area (Å²) in [5, 5.41) is 10.8. The first-order chi connectivity index (χ1) is 13.1. The van der Waals surface area contributed by atoms with Crippen LogP contribution in [0.3, 0.4) is 0 Å². The summed E-state index contributed by atoms with van der Waals surface area (Å²) in [6.45, 7) is 2.03. The van der Waals surface area contributed by atoms with Crippen LogP contribution < -0.4 is 9.47 Å². The predicted octanol–water partition coefficient (Wildman–Crippen LogP) is 1.50. The Morgan fingerprint density at radius 3 is 2.93 bits per heavy atom. The van der Waals surface area contributed by atoms with Gasteiger partial charge in [-0.2, -0.15) is 0 Å². The molecular weight excluding hydrogens is 346 g/mol. The number of likely N-dealkylation sites (tertiary alicyclic amines) is 1. The Hall–Kier alpha value is -2.54. The summed E-state index contributed by atoms with van der Waals surface area (Å²) in [6, 6.07) is 5.70. The maximum Gasteiger partial charge on any atom is 0.229 e. The number of nitrogens with zero attached hydrogens (tertiary/aromatic N) is 3. The van der Waals surface area contributed by atoms with E-state index in [0.717, 1.165) is 17.1 Å². The fraction of sp³-hybridized carbons (Fsp3) is 0.500. The maximum absolute atomic E-state index is 13.0. The van der Waals surface area contributed by atoms with Crippen molar-refractivity contribution in [3.63, 3.8) is 0 Å². The van der Waals surface area contributed by atoms with E-state index in [1.54, 1.807) is 19.6 Å². The molecule has 1 saturated heterocycles. The lowest BCUT2D eigenvalue weighted by molar-refractivity contribution is -0.141. The molecule has 27 heavy (non-hydrogen) atoms. The summed E-state index contributed by atoms with van der Waals surface area (Å²) in [5.41, 5.74) is 0.216. The van der Waals surface area contributed by atoms with Gasteiger partial charge in [-0.25, -0.2) is 4.98 Å². The minimum atomic E-state index is -0.791. The lowest BCUT2D eigenvalue weighted by Crippen LogP contribution is -2.51. The molecule has 7 nitrogen and oxygen atoms in total. The van der Waals surface area contributed by atoms with Crippen LogP contribution in [0, 0.1) is 5.92 Å². The summed E-state index contributed by atoms with van der Waals surface area (Å²) in [7, 11) is 1.63. The van der Waals surface area contributed by atoms with Gasteiger partial charge in [0, 0.05) is 25.5 Å². The molecular formula is C20H25N3O4. The number of fused-ring (bicyclic) bond motifs is 1. The molecule has 0 aliphatic carbocycles. The predicted molar refractivity (Wildman–Crippen MR) is 98.7 cm³/mol. The van der Waals surface area contributed by atoms with Gasteiger partial charge in [-0.1, -0.05) is 0 Å². The number of rotatable bonds is 4. The van der Waals surface area contributed by atoms with Gasteiger partial charge in [-0.05, 0) is 43.0 Å². The molecule has 2 aromatic rings. The van der Waals surface area contributed by atoms with Crippen LogP contribution in [0.15, 0.2) is 36.9 Å². The van der Waals surface area contributed by atoms with Crippen molar-refractivity contribution < 1.29 is 19.4 Å². The van der Waals surface area contributed by atoms with Gasteiger partial charge >= 0.3 is 0 Å². The zero-order chi connectivity index (χ0) is 18.9. The lowest BCUT2D eigenvalue weighted by atomic mass is 9.89. The zero-order valence-corrected chi connectivity index (χ0v) is 15.5. The van der Waals surface area contributed by atoms with Crippen molar-refractivity contribution in [1.29, 1.82) is 0 Å². The zero-order valence-electron chi connectivity index (χ0n) is 15.5. The van der Waals surface area contributed by atoms with Gasteiger partial charge in [-0.3, -0.25) is 4.79 Å². The highest BCUT2D eigenvalue weighted by Gasteiger charge is 2.37. The molecule has 1 aromatic heterocycles. The number of aliphatic hydroxyl groups is 1. The van der Waals surface area contributed by atoms with Crippen molar-refractivity contribution in [2.24, 2.45) is 5.92 Å². The monoisotopic (exact) mass is 371 g/mol. The van der Waals surface area contributed by atoms with Crippen LogP contribution in [0.1, 0.15) is 18.4 Å². The number of ether oxygens (including phenoxy) is 2. The normalized spacial score (nSPS) is 21.3. The van der Waals surface area contributed by atoms with Gasteiger partial charge in [0.2, 0.25) is 5.91 Å². The average molecular weight is 371 g/mol. The minimum absolute atomic E-state index is 0.105. The van der Waals surface area contributed by atoms with Crippen molar-refractivity contribution in [2.45, 2.75) is 31.4 Å². The first kappa shape index (κ1) is 17.9. The topological polar surface area (TPSA) is 76.8 Å². The van der Waals surface area contributed by atoms with E-state index in [-0.39, 0.29) is 11.8 Å². The summed E-state index contributed by atoms with van der Waals surface area (Å²) < 4.78 is 13.0. The van der Waals surface area contributed by atoms with E-state index in [1.807, 2.05) is 33.9 Å². The van der Waals surface area contributed by atoms with E-state index < -0.39 is 5.60 Å². The third kappa shape index (κ3) is 3.78. The third-order valence-electron chi connectivity index (χ3n) is 5.57. The van der Waals surface area contributed by atoms with Crippen molar-refractivity contribution in [2.75, 3.05) is 26.8 Å². The Bertz CT molecular complexity index is 798. The van der Waals surface area contributed by atoms with Crippen molar-refractivity contribution in [3.8, 4) is 11.5 Å². The third-order valence-corrected chi connectivity index (χ3v) is 5.57. The number of benzene rings is 1. The van der Waals surface area contributed by atoms with Crippen LogP contribution in [0.25, 0.3) is 0 Å². The quantitative estimate of drug-likeness (QED) is 0.881. The molecule has 2 aliphatic rings. The van der Waals surface area contributed by atoms with Crippen molar-refractivity contribution in [3.05, 3.63) is 42.5 Å². The van der Waals surface area contributed by atoms with Gasteiger partial charge in [0.05, 0.1) is 31.5 Å². The van der Waals surface area contributed by atoms with Gasteiger partial charge in [0.25, 0.3) is 0 Å². The van der Waals surface area contributed by atoms with Gasteiger partial charge < -0.3 is 24.0 Å². The molecule has 1 fully saturated rings. The highest BCUT2D eigenvalue weighted by atomic mass is 16.5. The number of hydrogen-bond donors (Lipinski definition) is 1. The lowest BCUT2D eigenvalue weighted by Gasteiger charge is -2.40. The highest BCUT2D eigenvalue weighted by Crippen LogP contribution is 2.32. The van der Waals surface area contributed by atoms with E-state index in [4.69, 9.17) is 9.47 Å². The van der Waals surface area contributed by atoms with Crippen molar-refractivity contribution >= 4 is 5.91 Å². The van der Waals surface area contributed by atoms with Crippen LogP contribution in [-0.2, 0) is 17.8 Å². The van der Waals surface area contributed by atoms with Crippen LogP contribution in [0.4, 0.5) is 0 Å². The van der Waals surface area contributed by atoms with E-state index >= 15 is 0 Å². The fourth-order valence-electron chi connectivity index (χ4n) is 3.94. The van der Waals surface area contributed by atoms with Crippen molar-refractivity contribution in [1.82, 2.24) is 14.5 Å². The molecule has 0 bridgehead atoms. The fourth-order valence-corrected chi connectivity index (χ4v) is 3.94. The second kappa shape index (κ2) is 7.23. The Morgan fingerprint density at radius 2 is 2.22 bits per heavy atom. The SMILES string of the molecule is COc1ccc2c(c1)C[C@@H](C(=O)N1CCC(O)(Cn3ccnc3)CC1)CO2. The van der Waals surface area contributed by atoms with E-state index in [1.165, 1.54) is 0 Å². The molecule has 144 valence electrons. The molecule has 0 radical (unpaired) electrons. The first-order valence-corrected chi connectivity index (χ1v) is 9.33. The minimum Gasteiger partial charge on any atom is -0.497 e. The molecule has 1 aromatic carbocycles. The number of imidazole rings is 1. The molecule has 1 N–H and O–H groups in total. The van der Waals surface area contributed by atoms with Gasteiger partial charge in [-0.15, -0.1) is 0 Å². The van der Waals surface area contributed by atoms with E-state index in [2.05, 4.69) is 4.98 Å². The van der Waals surface area contributed by atoms with Gasteiger partial charge in [0.1, 0.15) is 18.1 Å². The summed E-state index contributed by atoms with van der Waals surface area (Å²) >= 11 is 0. The highest BCUT2D eigenvalue weighted by molar-refractivity contribution is 5.80. The molecule has 0 unspecified atom stereocenters. The average Bonchev–Trinajstić information content (AvgIpc) is 3.19. The number of carbonyl (C=O) groups excluding carboxylic acids is 1. The number of aromatic nitrogens is 2. The number of amides is 1. The number of methoxy groups -OCH3 is 1. The molecule has 1 amide bonds. The summed E-state index contributed by atoms with van der Waals surface area (Å²) in [4.78, 5) is 18.8. The van der Waals surface area contributed by atoms with Crippen LogP contribution in [0.2, 0.25) is 0 Å². The molecule has 0 saturated carbocycles. The maximum atomic E-state index is 13.0. The Labute approximate surface area is 158 Å². The first-order valence-electron chi connectivity index (χ1n) is 9.33. The molecule has 4 rings (SSSR count).